The number of rotatable bonds is 14. The molecule has 1 aromatic rings. The fourth-order valence-corrected chi connectivity index (χ4v) is 7.48. The molecule has 0 unspecified atom stereocenters. The summed E-state index contributed by atoms with van der Waals surface area (Å²) < 4.78 is 63.6. The van der Waals surface area contributed by atoms with E-state index in [4.69, 9.17) is 32.7 Å². The highest BCUT2D eigenvalue weighted by Gasteiger charge is 2.37. The maximum absolute atomic E-state index is 13.3. The van der Waals surface area contributed by atoms with Gasteiger partial charge in [0.15, 0.2) is 5.75 Å². The Bertz CT molecular complexity index is 969. The summed E-state index contributed by atoms with van der Waals surface area (Å²) in [7, 11) is -6.25. The van der Waals surface area contributed by atoms with Gasteiger partial charge in [0.05, 0.1) is 31.3 Å². The number of hydrogen-bond donors (Lipinski definition) is 0. The third-order valence-electron chi connectivity index (χ3n) is 4.34. The second-order valence-electron chi connectivity index (χ2n) is 6.73. The molecule has 1 rings (SSSR count). The third-order valence-corrected chi connectivity index (χ3v) is 9.25. The van der Waals surface area contributed by atoms with Gasteiger partial charge in [-0.15, -0.1) is 23.2 Å². The molecule has 0 aliphatic rings. The van der Waals surface area contributed by atoms with Crippen LogP contribution in [-0.4, -0.2) is 60.3 Å². The molecule has 12 heteroatoms. The van der Waals surface area contributed by atoms with E-state index in [1.807, 2.05) is 0 Å². The summed E-state index contributed by atoms with van der Waals surface area (Å²) in [5.74, 6) is -1.16. The Balaban J connectivity index is 3.84. The molecule has 0 heterocycles. The number of ether oxygens (including phenoxy) is 2. The van der Waals surface area contributed by atoms with Gasteiger partial charge in [-0.2, -0.15) is 3.71 Å². The molecule has 182 valence electrons. The number of methoxy groups -OCH3 is 2. The smallest absolute Gasteiger partial charge is 0.337 e. The van der Waals surface area contributed by atoms with E-state index in [2.05, 4.69) is 0 Å². The zero-order chi connectivity index (χ0) is 24.4. The molecule has 0 aliphatic carbocycles. The third kappa shape index (κ3) is 7.54. The number of allylic oxidation sites excluding steroid dienone is 1. The first-order valence-electron chi connectivity index (χ1n) is 9.90. The van der Waals surface area contributed by atoms with Crippen LogP contribution in [-0.2, 0) is 24.8 Å². The van der Waals surface area contributed by atoms with Gasteiger partial charge in [0.1, 0.15) is 5.69 Å². The minimum atomic E-state index is -4.36. The highest BCUT2D eigenvalue weighted by Crippen LogP contribution is 2.38. The van der Waals surface area contributed by atoms with Crippen LogP contribution in [0.4, 0.5) is 5.69 Å². The Kier molecular flexibility index (Phi) is 11.8. The van der Waals surface area contributed by atoms with E-state index in [0.29, 0.717) is 22.1 Å². The van der Waals surface area contributed by atoms with Crippen molar-refractivity contribution in [2.24, 2.45) is 0 Å². The van der Waals surface area contributed by atoms with Gasteiger partial charge in [-0.05, 0) is 44.7 Å². The number of halogens is 2. The lowest BCUT2D eigenvalue weighted by Gasteiger charge is -2.26. The van der Waals surface area contributed by atoms with Crippen molar-refractivity contribution in [3.8, 4) is 5.75 Å². The number of benzene rings is 1. The van der Waals surface area contributed by atoms with Crippen LogP contribution in [0.25, 0.3) is 6.08 Å². The maximum Gasteiger partial charge on any atom is 0.337 e. The van der Waals surface area contributed by atoms with E-state index in [1.54, 1.807) is 19.1 Å². The van der Waals surface area contributed by atoms with Gasteiger partial charge >= 0.3 is 5.97 Å². The van der Waals surface area contributed by atoms with Crippen LogP contribution in [0.2, 0.25) is 0 Å². The SMILES string of the molecule is C/C=C\c1cc(C(=O)OC)cc(N(S(=O)(=O)CCCCCl)S(=O)(=O)CCCCCl)c1OC. The normalized spacial score (nSPS) is 12.2. The predicted molar refractivity (Wildman–Crippen MR) is 129 cm³/mol. The second-order valence-corrected chi connectivity index (χ2v) is 11.6. The number of unbranched alkanes of at least 4 members (excludes halogenated alkanes) is 2. The molecule has 0 N–H and O–H groups in total. The van der Waals surface area contributed by atoms with Gasteiger partial charge < -0.3 is 9.47 Å². The van der Waals surface area contributed by atoms with Crippen molar-refractivity contribution in [2.75, 3.05) is 41.2 Å². The Morgan fingerprint density at radius 2 is 1.50 bits per heavy atom. The quantitative estimate of drug-likeness (QED) is 0.203. The van der Waals surface area contributed by atoms with Crippen LogP contribution in [0.5, 0.6) is 5.75 Å². The fraction of sp³-hybridized carbons (Fsp3) is 0.550. The Labute approximate surface area is 200 Å². The van der Waals surface area contributed by atoms with Gasteiger partial charge in [0.25, 0.3) is 0 Å². The number of nitrogens with zero attached hydrogens (tertiary/aromatic N) is 1. The van der Waals surface area contributed by atoms with Crippen LogP contribution in [0.3, 0.4) is 0 Å². The molecule has 0 amide bonds. The van der Waals surface area contributed by atoms with E-state index < -0.39 is 37.5 Å². The van der Waals surface area contributed by atoms with Crippen LogP contribution in [0.15, 0.2) is 18.2 Å². The van der Waals surface area contributed by atoms with Crippen molar-refractivity contribution in [3.63, 3.8) is 0 Å². The first-order valence-corrected chi connectivity index (χ1v) is 14.2. The minimum Gasteiger partial charge on any atom is -0.494 e. The molecular formula is C20H29Cl2NO7S2. The van der Waals surface area contributed by atoms with Crippen molar-refractivity contribution < 1.29 is 31.1 Å². The Hall–Kier alpha value is -1.49. The average molecular weight is 530 g/mol. The van der Waals surface area contributed by atoms with E-state index in [9.17, 15) is 21.6 Å². The Morgan fingerprint density at radius 3 is 1.91 bits per heavy atom. The first-order chi connectivity index (χ1) is 15.1. The summed E-state index contributed by atoms with van der Waals surface area (Å²) in [5, 5.41) is 0. The van der Waals surface area contributed by atoms with Gasteiger partial charge in [0, 0.05) is 17.3 Å². The number of hydrogen-bond acceptors (Lipinski definition) is 7. The van der Waals surface area contributed by atoms with Crippen molar-refractivity contribution >= 4 is 61.0 Å². The largest absolute Gasteiger partial charge is 0.494 e. The van der Waals surface area contributed by atoms with Gasteiger partial charge in [-0.1, -0.05) is 12.2 Å². The van der Waals surface area contributed by atoms with Crippen molar-refractivity contribution in [2.45, 2.75) is 32.6 Å². The molecule has 0 fully saturated rings. The van der Waals surface area contributed by atoms with Gasteiger partial charge in [0.2, 0.25) is 20.0 Å². The summed E-state index contributed by atoms with van der Waals surface area (Å²) in [5.41, 5.74) is 0.0263. The number of carbonyl (C=O) groups excluding carboxylic acids is 1. The zero-order valence-electron chi connectivity index (χ0n) is 18.3. The molecular weight excluding hydrogens is 501 g/mol. The highest BCUT2D eigenvalue weighted by atomic mass is 35.5. The van der Waals surface area contributed by atoms with Crippen LogP contribution < -0.4 is 8.45 Å². The lowest BCUT2D eigenvalue weighted by molar-refractivity contribution is 0.0600. The minimum absolute atomic E-state index is 0.00223. The Morgan fingerprint density at radius 1 is 0.969 bits per heavy atom. The summed E-state index contributed by atoms with van der Waals surface area (Å²) in [6, 6.07) is 2.59. The van der Waals surface area contributed by atoms with Crippen molar-refractivity contribution in [1.82, 2.24) is 0 Å². The second kappa shape index (κ2) is 13.3. The average Bonchev–Trinajstić information content (AvgIpc) is 2.73. The predicted octanol–water partition coefficient (Wildman–Crippen LogP) is 4.02. The maximum atomic E-state index is 13.3. The van der Waals surface area contributed by atoms with E-state index in [0.717, 1.165) is 6.07 Å². The molecule has 0 aromatic heterocycles. The fourth-order valence-electron chi connectivity index (χ4n) is 2.93. The molecule has 0 saturated heterocycles. The molecule has 0 atom stereocenters. The first kappa shape index (κ1) is 28.5. The molecule has 0 spiro atoms. The zero-order valence-corrected chi connectivity index (χ0v) is 21.5. The lowest BCUT2D eigenvalue weighted by Crippen LogP contribution is -2.40. The monoisotopic (exact) mass is 529 g/mol. The summed E-state index contributed by atoms with van der Waals surface area (Å²) in [6.45, 7) is 1.72. The van der Waals surface area contributed by atoms with E-state index in [-0.39, 0.29) is 41.6 Å². The summed E-state index contributed by atoms with van der Waals surface area (Å²) >= 11 is 11.3. The molecule has 1 aromatic carbocycles. The number of anilines is 1. The molecule has 0 saturated carbocycles. The van der Waals surface area contributed by atoms with Gasteiger partial charge in [-0.3, -0.25) is 0 Å². The molecule has 32 heavy (non-hydrogen) atoms. The van der Waals surface area contributed by atoms with Gasteiger partial charge in [-0.25, -0.2) is 21.6 Å². The summed E-state index contributed by atoms with van der Waals surface area (Å²) in [6.07, 6.45) is 4.35. The topological polar surface area (TPSA) is 107 Å². The highest BCUT2D eigenvalue weighted by molar-refractivity contribution is 8.10. The number of sulfonamides is 2. The molecule has 0 aliphatic heterocycles. The van der Waals surface area contributed by atoms with E-state index in [1.165, 1.54) is 20.3 Å². The lowest BCUT2D eigenvalue weighted by atomic mass is 10.1. The molecule has 8 nitrogen and oxygen atoms in total. The van der Waals surface area contributed by atoms with Crippen LogP contribution in [0, 0.1) is 0 Å². The molecule has 0 bridgehead atoms. The number of esters is 1. The summed E-state index contributed by atoms with van der Waals surface area (Å²) in [4.78, 5) is 12.2. The number of carbonyl (C=O) groups is 1. The van der Waals surface area contributed by atoms with Crippen LogP contribution in [0.1, 0.15) is 48.5 Å². The van der Waals surface area contributed by atoms with Crippen LogP contribution >= 0.6 is 23.2 Å². The van der Waals surface area contributed by atoms with Crippen molar-refractivity contribution in [3.05, 3.63) is 29.3 Å². The van der Waals surface area contributed by atoms with Crippen molar-refractivity contribution in [1.29, 1.82) is 0 Å². The standard InChI is InChI=1S/C20H29Cl2NO7S2/c1-4-9-16-14-17(20(24)30-3)15-18(19(16)29-2)23(31(25,26)12-7-5-10-21)32(27,28)13-8-6-11-22/h4,9,14-15H,5-8,10-13H2,1-3H3/b9-4-. The number of alkyl halides is 2. The van der Waals surface area contributed by atoms with E-state index >= 15 is 0 Å². The molecule has 0 radical (unpaired) electrons.